The number of hydrogen-bond acceptors (Lipinski definition) is 5. The van der Waals surface area contributed by atoms with E-state index in [9.17, 15) is 15.3 Å². The van der Waals surface area contributed by atoms with Crippen molar-refractivity contribution in [2.45, 2.75) is 44.0 Å². The number of hydrogen-bond donors (Lipinski definition) is 3. The average molecular weight is 246 g/mol. The van der Waals surface area contributed by atoms with Gasteiger partial charge in [-0.25, -0.2) is 0 Å². The monoisotopic (exact) mass is 246 g/mol. The van der Waals surface area contributed by atoms with E-state index in [1.165, 1.54) is 0 Å². The molecule has 1 rings (SSSR count). The van der Waals surface area contributed by atoms with Crippen molar-refractivity contribution < 1.29 is 24.8 Å². The third kappa shape index (κ3) is 4.73. The van der Waals surface area contributed by atoms with E-state index in [0.717, 1.165) is 0 Å². The topological polar surface area (TPSA) is 79.2 Å². The van der Waals surface area contributed by atoms with Crippen LogP contribution in [0.2, 0.25) is 0 Å². The zero-order valence-electron chi connectivity index (χ0n) is 10.4. The van der Waals surface area contributed by atoms with Gasteiger partial charge in [0.05, 0.1) is 24.4 Å². The molecule has 1 fully saturated rings. The fourth-order valence-electron chi connectivity index (χ4n) is 2.10. The maximum absolute atomic E-state index is 9.82. The van der Waals surface area contributed by atoms with Crippen molar-refractivity contribution in [2.24, 2.45) is 0 Å². The van der Waals surface area contributed by atoms with Crippen molar-refractivity contribution in [1.82, 2.24) is 0 Å². The van der Waals surface area contributed by atoms with Gasteiger partial charge in [0.15, 0.2) is 0 Å². The first-order valence-corrected chi connectivity index (χ1v) is 5.81. The van der Waals surface area contributed by atoms with Gasteiger partial charge in [0, 0.05) is 20.0 Å². The quantitative estimate of drug-likeness (QED) is 0.366. The van der Waals surface area contributed by atoms with Crippen LogP contribution in [0, 0.1) is 0 Å². The molecule has 0 aromatic rings. The summed E-state index contributed by atoms with van der Waals surface area (Å²) in [5, 5.41) is 29.4. The Morgan fingerprint density at radius 1 is 1.35 bits per heavy atom. The van der Waals surface area contributed by atoms with Crippen LogP contribution in [0.25, 0.3) is 0 Å². The van der Waals surface area contributed by atoms with Gasteiger partial charge in [-0.05, 0) is 18.9 Å². The first-order chi connectivity index (χ1) is 7.96. The summed E-state index contributed by atoms with van der Waals surface area (Å²) in [5.74, 6) is 0. The molecule has 0 aromatic heterocycles. The molecule has 0 radical (unpaired) electrons. The molecule has 5 nitrogen and oxygen atoms in total. The Kier molecular flexibility index (Phi) is 5.55. The predicted molar refractivity (Wildman–Crippen MR) is 62.4 cm³/mol. The fraction of sp³-hybridized carbons (Fsp3) is 0.833. The molecule has 1 aliphatic carbocycles. The SMILES string of the molecule is COCOCCC=C1[C@H](O)CC(C)(O)C[C@H]1O. The fourth-order valence-corrected chi connectivity index (χ4v) is 2.10. The van der Waals surface area contributed by atoms with Crippen molar-refractivity contribution in [1.29, 1.82) is 0 Å². The molecule has 0 spiro atoms. The molecule has 0 saturated heterocycles. The zero-order valence-corrected chi connectivity index (χ0v) is 10.4. The molecule has 5 heteroatoms. The second-order valence-electron chi connectivity index (χ2n) is 4.74. The number of aliphatic hydroxyl groups is 3. The van der Waals surface area contributed by atoms with Crippen molar-refractivity contribution in [2.75, 3.05) is 20.5 Å². The molecular weight excluding hydrogens is 224 g/mol. The zero-order chi connectivity index (χ0) is 12.9. The Morgan fingerprint density at radius 3 is 2.47 bits per heavy atom. The minimum atomic E-state index is -0.997. The van der Waals surface area contributed by atoms with E-state index in [0.29, 0.717) is 18.6 Å². The highest BCUT2D eigenvalue weighted by molar-refractivity contribution is 5.19. The molecule has 0 bridgehead atoms. The van der Waals surface area contributed by atoms with Crippen LogP contribution in [-0.4, -0.2) is 53.6 Å². The van der Waals surface area contributed by atoms with Gasteiger partial charge in [-0.15, -0.1) is 0 Å². The summed E-state index contributed by atoms with van der Waals surface area (Å²) in [5.41, 5.74) is -0.416. The van der Waals surface area contributed by atoms with Gasteiger partial charge in [0.25, 0.3) is 0 Å². The molecule has 100 valence electrons. The molecule has 1 saturated carbocycles. The van der Waals surface area contributed by atoms with Crippen molar-refractivity contribution in [3.63, 3.8) is 0 Å². The lowest BCUT2D eigenvalue weighted by atomic mass is 9.79. The van der Waals surface area contributed by atoms with Crippen LogP contribution in [0.4, 0.5) is 0 Å². The Bertz CT molecular complexity index is 246. The van der Waals surface area contributed by atoms with E-state index < -0.39 is 17.8 Å². The number of methoxy groups -OCH3 is 1. The van der Waals surface area contributed by atoms with Crippen LogP contribution in [0.3, 0.4) is 0 Å². The van der Waals surface area contributed by atoms with E-state index in [1.807, 2.05) is 0 Å². The Balaban J connectivity index is 2.44. The van der Waals surface area contributed by atoms with Crippen molar-refractivity contribution >= 4 is 0 Å². The van der Waals surface area contributed by atoms with Gasteiger partial charge in [-0.3, -0.25) is 0 Å². The minimum absolute atomic E-state index is 0.239. The minimum Gasteiger partial charge on any atom is -0.390 e. The molecule has 0 aliphatic heterocycles. The van der Waals surface area contributed by atoms with Crippen molar-refractivity contribution in [3.8, 4) is 0 Å². The van der Waals surface area contributed by atoms with Crippen LogP contribution in [0.1, 0.15) is 26.2 Å². The molecule has 0 heterocycles. The van der Waals surface area contributed by atoms with Gasteiger partial charge in [0.1, 0.15) is 6.79 Å². The second kappa shape index (κ2) is 6.47. The summed E-state index contributed by atoms with van der Waals surface area (Å²) in [6, 6.07) is 0. The van der Waals surface area contributed by atoms with Gasteiger partial charge in [-0.2, -0.15) is 0 Å². The summed E-state index contributed by atoms with van der Waals surface area (Å²) >= 11 is 0. The molecule has 0 amide bonds. The van der Waals surface area contributed by atoms with Gasteiger partial charge >= 0.3 is 0 Å². The van der Waals surface area contributed by atoms with E-state index in [1.54, 1.807) is 20.1 Å². The lowest BCUT2D eigenvalue weighted by Crippen LogP contribution is -2.43. The van der Waals surface area contributed by atoms with Crippen LogP contribution in [-0.2, 0) is 9.47 Å². The molecule has 1 aliphatic rings. The summed E-state index contributed by atoms with van der Waals surface area (Å²) < 4.78 is 9.83. The highest BCUT2D eigenvalue weighted by Gasteiger charge is 2.37. The van der Waals surface area contributed by atoms with Gasteiger partial charge < -0.3 is 24.8 Å². The maximum Gasteiger partial charge on any atom is 0.146 e. The second-order valence-corrected chi connectivity index (χ2v) is 4.74. The van der Waals surface area contributed by atoms with E-state index >= 15 is 0 Å². The highest BCUT2D eigenvalue weighted by Crippen LogP contribution is 2.32. The van der Waals surface area contributed by atoms with E-state index in [2.05, 4.69) is 0 Å². The third-order valence-electron chi connectivity index (χ3n) is 2.88. The van der Waals surface area contributed by atoms with Crippen LogP contribution in [0.5, 0.6) is 0 Å². The van der Waals surface area contributed by atoms with Gasteiger partial charge in [0.2, 0.25) is 0 Å². The first-order valence-electron chi connectivity index (χ1n) is 5.81. The summed E-state index contributed by atoms with van der Waals surface area (Å²) in [7, 11) is 1.55. The standard InChI is InChI=1S/C12H22O5/c1-12(15)6-10(13)9(11(14)7-12)4-3-5-17-8-16-2/h4,10-11,13-15H,3,5-8H2,1-2H3/t10-,11-,12?/m1/s1. The van der Waals surface area contributed by atoms with E-state index in [4.69, 9.17) is 9.47 Å². The molecule has 0 aromatic carbocycles. The summed E-state index contributed by atoms with van der Waals surface area (Å²) in [4.78, 5) is 0. The maximum atomic E-state index is 9.82. The molecule has 0 unspecified atom stereocenters. The Labute approximate surface area is 102 Å². The largest absolute Gasteiger partial charge is 0.390 e. The third-order valence-corrected chi connectivity index (χ3v) is 2.88. The smallest absolute Gasteiger partial charge is 0.146 e. The number of rotatable bonds is 5. The lowest BCUT2D eigenvalue weighted by molar-refractivity contribution is -0.0497. The predicted octanol–water partition coefficient (Wildman–Crippen LogP) is 0.190. The van der Waals surface area contributed by atoms with Crippen molar-refractivity contribution in [3.05, 3.63) is 11.6 Å². The van der Waals surface area contributed by atoms with Crippen LogP contribution in [0.15, 0.2) is 11.6 Å². The molecule has 2 atom stereocenters. The normalized spacial score (nSPS) is 33.8. The number of ether oxygens (including phenoxy) is 2. The Hall–Kier alpha value is -0.460. The van der Waals surface area contributed by atoms with Crippen LogP contribution < -0.4 is 0 Å². The highest BCUT2D eigenvalue weighted by atomic mass is 16.7. The Morgan fingerprint density at radius 2 is 1.94 bits per heavy atom. The summed E-state index contributed by atoms with van der Waals surface area (Å²) in [6.07, 6.45) is 1.34. The number of aliphatic hydroxyl groups excluding tert-OH is 2. The summed E-state index contributed by atoms with van der Waals surface area (Å²) in [6.45, 7) is 2.34. The van der Waals surface area contributed by atoms with E-state index in [-0.39, 0.29) is 19.6 Å². The lowest BCUT2D eigenvalue weighted by Gasteiger charge is -2.36. The first kappa shape index (κ1) is 14.6. The average Bonchev–Trinajstić information content (AvgIpc) is 2.19. The van der Waals surface area contributed by atoms with Gasteiger partial charge in [-0.1, -0.05) is 6.08 Å². The van der Waals surface area contributed by atoms with Crippen LogP contribution >= 0.6 is 0 Å². The molecular formula is C12H22O5. The molecule has 17 heavy (non-hydrogen) atoms. The molecule has 3 N–H and O–H groups in total.